The summed E-state index contributed by atoms with van der Waals surface area (Å²) in [5.74, 6) is 0.538. The van der Waals surface area contributed by atoms with Crippen LogP contribution in [0.3, 0.4) is 0 Å². The molecular formula is C9H15F3. The zero-order valence-electron chi connectivity index (χ0n) is 7.32. The van der Waals surface area contributed by atoms with Crippen LogP contribution in [0.15, 0.2) is 0 Å². The minimum Gasteiger partial charge on any atom is -0.171 e. The van der Waals surface area contributed by atoms with E-state index in [9.17, 15) is 13.2 Å². The van der Waals surface area contributed by atoms with Gasteiger partial charge in [-0.25, -0.2) is 0 Å². The van der Waals surface area contributed by atoms with Crippen molar-refractivity contribution in [3.63, 3.8) is 0 Å². The Morgan fingerprint density at radius 2 is 1.58 bits per heavy atom. The standard InChI is InChI=1S/C9H15F3/c1-7-2-4-8(5-3-7)6-9(10,11)12/h7-8H,2-6H2,1H3. The van der Waals surface area contributed by atoms with Crippen LogP contribution in [0.5, 0.6) is 0 Å². The van der Waals surface area contributed by atoms with Crippen molar-refractivity contribution in [2.75, 3.05) is 0 Å². The van der Waals surface area contributed by atoms with Gasteiger partial charge in [0.2, 0.25) is 0 Å². The third-order valence-corrected chi connectivity index (χ3v) is 2.66. The second-order valence-corrected chi connectivity index (χ2v) is 3.95. The first-order chi connectivity index (χ1) is 5.47. The van der Waals surface area contributed by atoms with Gasteiger partial charge in [0, 0.05) is 6.42 Å². The molecule has 1 rings (SSSR count). The Labute approximate surface area is 71.1 Å². The van der Waals surface area contributed by atoms with Crippen molar-refractivity contribution in [2.24, 2.45) is 11.8 Å². The lowest BCUT2D eigenvalue weighted by molar-refractivity contribution is -0.147. The first-order valence-electron chi connectivity index (χ1n) is 4.54. The van der Waals surface area contributed by atoms with E-state index in [1.165, 1.54) is 0 Å². The summed E-state index contributed by atoms with van der Waals surface area (Å²) in [7, 11) is 0. The van der Waals surface area contributed by atoms with Gasteiger partial charge >= 0.3 is 6.18 Å². The summed E-state index contributed by atoms with van der Waals surface area (Å²) in [5.41, 5.74) is 0. The van der Waals surface area contributed by atoms with Crippen molar-refractivity contribution in [3.05, 3.63) is 0 Å². The average molecular weight is 180 g/mol. The number of hydrogen-bond acceptors (Lipinski definition) is 0. The first kappa shape index (κ1) is 9.87. The topological polar surface area (TPSA) is 0 Å². The normalized spacial score (nSPS) is 32.0. The Bertz CT molecular complexity index is 131. The summed E-state index contributed by atoms with van der Waals surface area (Å²) in [6.07, 6.45) is -1.05. The summed E-state index contributed by atoms with van der Waals surface area (Å²) in [6, 6.07) is 0. The molecule has 0 aromatic carbocycles. The van der Waals surface area contributed by atoms with Crippen LogP contribution < -0.4 is 0 Å². The molecule has 0 saturated heterocycles. The summed E-state index contributed by atoms with van der Waals surface area (Å²) < 4.78 is 35.8. The number of hydrogen-bond donors (Lipinski definition) is 0. The molecule has 0 radical (unpaired) electrons. The molecule has 0 atom stereocenters. The highest BCUT2D eigenvalue weighted by Crippen LogP contribution is 2.35. The van der Waals surface area contributed by atoms with Gasteiger partial charge in [-0.3, -0.25) is 0 Å². The molecule has 1 fully saturated rings. The van der Waals surface area contributed by atoms with E-state index in [1.807, 2.05) is 0 Å². The zero-order chi connectivity index (χ0) is 9.19. The maximum atomic E-state index is 11.9. The smallest absolute Gasteiger partial charge is 0.171 e. The number of rotatable bonds is 1. The molecule has 0 aromatic heterocycles. The molecule has 0 nitrogen and oxygen atoms in total. The number of halogens is 3. The van der Waals surface area contributed by atoms with Crippen molar-refractivity contribution in [1.82, 2.24) is 0 Å². The molecule has 1 aliphatic carbocycles. The molecule has 0 N–H and O–H groups in total. The molecule has 0 aromatic rings. The maximum Gasteiger partial charge on any atom is 0.389 e. The van der Waals surface area contributed by atoms with Crippen LogP contribution >= 0.6 is 0 Å². The summed E-state index contributed by atoms with van der Waals surface area (Å²) in [5, 5.41) is 0. The molecule has 72 valence electrons. The fraction of sp³-hybridized carbons (Fsp3) is 1.00. The van der Waals surface area contributed by atoms with E-state index < -0.39 is 12.6 Å². The molecule has 0 amide bonds. The molecule has 0 unspecified atom stereocenters. The summed E-state index contributed by atoms with van der Waals surface area (Å²) in [6.45, 7) is 2.11. The van der Waals surface area contributed by atoms with E-state index in [0.29, 0.717) is 5.92 Å². The molecular weight excluding hydrogens is 165 g/mol. The van der Waals surface area contributed by atoms with Crippen molar-refractivity contribution < 1.29 is 13.2 Å². The molecule has 0 aliphatic heterocycles. The lowest BCUT2D eigenvalue weighted by atomic mass is 9.81. The van der Waals surface area contributed by atoms with Crippen LogP contribution in [0.25, 0.3) is 0 Å². The zero-order valence-corrected chi connectivity index (χ0v) is 7.32. The van der Waals surface area contributed by atoms with E-state index in [-0.39, 0.29) is 5.92 Å². The number of alkyl halides is 3. The Hall–Kier alpha value is -0.210. The highest BCUT2D eigenvalue weighted by Gasteiger charge is 2.33. The van der Waals surface area contributed by atoms with Crippen LogP contribution in [-0.4, -0.2) is 6.18 Å². The fourth-order valence-corrected chi connectivity index (χ4v) is 1.86. The van der Waals surface area contributed by atoms with E-state index in [1.54, 1.807) is 0 Å². The Kier molecular flexibility index (Phi) is 3.02. The van der Waals surface area contributed by atoms with Gasteiger partial charge in [-0.05, 0) is 24.7 Å². The van der Waals surface area contributed by atoms with Crippen molar-refractivity contribution in [2.45, 2.75) is 45.2 Å². The molecule has 0 spiro atoms. The van der Waals surface area contributed by atoms with Gasteiger partial charge in [-0.1, -0.05) is 19.8 Å². The summed E-state index contributed by atoms with van der Waals surface area (Å²) in [4.78, 5) is 0. The molecule has 0 bridgehead atoms. The van der Waals surface area contributed by atoms with Crippen molar-refractivity contribution in [3.8, 4) is 0 Å². The monoisotopic (exact) mass is 180 g/mol. The fourth-order valence-electron chi connectivity index (χ4n) is 1.86. The van der Waals surface area contributed by atoms with E-state index >= 15 is 0 Å². The molecule has 3 heteroatoms. The predicted octanol–water partition coefficient (Wildman–Crippen LogP) is 3.77. The highest BCUT2D eigenvalue weighted by atomic mass is 19.4. The lowest BCUT2D eigenvalue weighted by Crippen LogP contribution is -2.19. The van der Waals surface area contributed by atoms with Crippen molar-refractivity contribution >= 4 is 0 Å². The van der Waals surface area contributed by atoms with E-state index in [2.05, 4.69) is 6.92 Å². The quantitative estimate of drug-likeness (QED) is 0.576. The second kappa shape index (κ2) is 3.67. The Morgan fingerprint density at radius 3 is 2.00 bits per heavy atom. The third-order valence-electron chi connectivity index (χ3n) is 2.66. The summed E-state index contributed by atoms with van der Waals surface area (Å²) >= 11 is 0. The van der Waals surface area contributed by atoms with Gasteiger partial charge in [-0.2, -0.15) is 13.2 Å². The SMILES string of the molecule is CC1CCC(CC(F)(F)F)CC1. The Morgan fingerprint density at radius 1 is 1.08 bits per heavy atom. The lowest BCUT2D eigenvalue weighted by Gasteiger charge is -2.26. The Balaban J connectivity index is 2.26. The van der Waals surface area contributed by atoms with E-state index in [4.69, 9.17) is 0 Å². The largest absolute Gasteiger partial charge is 0.389 e. The van der Waals surface area contributed by atoms with Gasteiger partial charge in [0.05, 0.1) is 0 Å². The van der Waals surface area contributed by atoms with Crippen molar-refractivity contribution in [1.29, 1.82) is 0 Å². The molecule has 1 aliphatic rings. The highest BCUT2D eigenvalue weighted by molar-refractivity contribution is 4.72. The van der Waals surface area contributed by atoms with Crippen LogP contribution in [-0.2, 0) is 0 Å². The van der Waals surface area contributed by atoms with Gasteiger partial charge in [-0.15, -0.1) is 0 Å². The minimum absolute atomic E-state index is 0.0961. The van der Waals surface area contributed by atoms with Gasteiger partial charge in [0.25, 0.3) is 0 Å². The molecule has 12 heavy (non-hydrogen) atoms. The third kappa shape index (κ3) is 3.46. The second-order valence-electron chi connectivity index (χ2n) is 3.95. The minimum atomic E-state index is -3.95. The molecule has 1 saturated carbocycles. The molecule has 0 heterocycles. The maximum absolute atomic E-state index is 11.9. The first-order valence-corrected chi connectivity index (χ1v) is 4.54. The van der Waals surface area contributed by atoms with Crippen LogP contribution in [0, 0.1) is 11.8 Å². The van der Waals surface area contributed by atoms with Crippen LogP contribution in [0.1, 0.15) is 39.0 Å². The van der Waals surface area contributed by atoms with Gasteiger partial charge in [0.15, 0.2) is 0 Å². The van der Waals surface area contributed by atoms with E-state index in [0.717, 1.165) is 25.7 Å². The van der Waals surface area contributed by atoms with Gasteiger partial charge < -0.3 is 0 Å². The van der Waals surface area contributed by atoms with Gasteiger partial charge in [0.1, 0.15) is 0 Å². The predicted molar refractivity (Wildman–Crippen MR) is 41.8 cm³/mol. The van der Waals surface area contributed by atoms with Crippen LogP contribution in [0.2, 0.25) is 0 Å². The van der Waals surface area contributed by atoms with Crippen LogP contribution in [0.4, 0.5) is 13.2 Å². The average Bonchev–Trinajstić information content (AvgIpc) is 1.91.